The molecule has 0 aliphatic rings. The predicted molar refractivity (Wildman–Crippen MR) is 121 cm³/mol. The van der Waals surface area contributed by atoms with Gasteiger partial charge in [0.1, 0.15) is 11.3 Å². The van der Waals surface area contributed by atoms with Crippen molar-refractivity contribution in [3.63, 3.8) is 0 Å². The van der Waals surface area contributed by atoms with E-state index in [9.17, 15) is 10.0 Å². The maximum absolute atomic E-state index is 13.4. The monoisotopic (exact) mass is 462 g/mol. The summed E-state index contributed by atoms with van der Waals surface area (Å²) in [6.45, 7) is 10.4. The molecule has 6 heteroatoms. The summed E-state index contributed by atoms with van der Waals surface area (Å²) in [4.78, 5) is 13.4. The Morgan fingerprint density at radius 1 is 1.03 bits per heavy atom. The first-order valence-electron chi connectivity index (χ1n) is 10.4. The fourth-order valence-corrected chi connectivity index (χ4v) is 4.01. The molecule has 0 aliphatic carbocycles. The molecule has 0 bridgehead atoms. The SMILES string of the molecule is CCCOc1cc(CC)[n+]([O-])c(CC)c1C(=O)Nc1c(CC)cc(Br)cc1CC. The predicted octanol–water partition coefficient (Wildman–Crippen LogP) is 5.37. The third-order valence-corrected chi connectivity index (χ3v) is 5.45. The lowest BCUT2D eigenvalue weighted by Crippen LogP contribution is -2.39. The number of aryl methyl sites for hydroxylation is 3. The fraction of sp³-hybridized carbons (Fsp3) is 0.478. The van der Waals surface area contributed by atoms with E-state index >= 15 is 0 Å². The highest BCUT2D eigenvalue weighted by Crippen LogP contribution is 2.30. The molecule has 1 aromatic carbocycles. The van der Waals surface area contributed by atoms with Crippen LogP contribution in [0.3, 0.4) is 0 Å². The van der Waals surface area contributed by atoms with Crippen molar-refractivity contribution in [2.75, 3.05) is 11.9 Å². The van der Waals surface area contributed by atoms with Crippen LogP contribution in [0, 0.1) is 5.21 Å². The molecule has 0 saturated carbocycles. The second-order valence-corrected chi connectivity index (χ2v) is 7.85. The lowest BCUT2D eigenvalue weighted by molar-refractivity contribution is -0.622. The van der Waals surface area contributed by atoms with Crippen molar-refractivity contribution in [3.05, 3.63) is 56.0 Å². The molecule has 1 N–H and O–H groups in total. The third kappa shape index (κ3) is 5.10. The minimum Gasteiger partial charge on any atom is -0.618 e. The average Bonchev–Trinajstić information content (AvgIpc) is 2.72. The van der Waals surface area contributed by atoms with E-state index in [2.05, 4.69) is 35.1 Å². The highest BCUT2D eigenvalue weighted by atomic mass is 79.9. The van der Waals surface area contributed by atoms with Gasteiger partial charge in [0.25, 0.3) is 5.91 Å². The van der Waals surface area contributed by atoms with Crippen molar-refractivity contribution in [2.45, 2.75) is 66.7 Å². The Bertz CT molecular complexity index is 856. The number of pyridine rings is 1. The van der Waals surface area contributed by atoms with Crippen LogP contribution in [0.5, 0.6) is 5.75 Å². The Labute approximate surface area is 182 Å². The van der Waals surface area contributed by atoms with Gasteiger partial charge in [0.05, 0.1) is 6.61 Å². The van der Waals surface area contributed by atoms with Crippen molar-refractivity contribution in [2.24, 2.45) is 0 Å². The van der Waals surface area contributed by atoms with E-state index in [1.807, 2.05) is 32.9 Å². The molecule has 29 heavy (non-hydrogen) atoms. The van der Waals surface area contributed by atoms with Gasteiger partial charge in [-0.15, -0.1) is 0 Å². The maximum atomic E-state index is 13.4. The smallest absolute Gasteiger partial charge is 0.265 e. The number of rotatable bonds is 9. The summed E-state index contributed by atoms with van der Waals surface area (Å²) in [5, 5.41) is 15.9. The zero-order valence-corrected chi connectivity index (χ0v) is 19.6. The maximum Gasteiger partial charge on any atom is 0.265 e. The van der Waals surface area contributed by atoms with E-state index in [-0.39, 0.29) is 5.91 Å². The van der Waals surface area contributed by atoms with Crippen molar-refractivity contribution in [1.29, 1.82) is 0 Å². The Kier molecular flexibility index (Phi) is 8.50. The van der Waals surface area contributed by atoms with Gasteiger partial charge in [-0.05, 0) is 42.5 Å². The van der Waals surface area contributed by atoms with Gasteiger partial charge in [0.15, 0.2) is 5.69 Å². The van der Waals surface area contributed by atoms with Gasteiger partial charge in [0, 0.05) is 29.1 Å². The van der Waals surface area contributed by atoms with Crippen LogP contribution >= 0.6 is 15.9 Å². The number of nitrogens with one attached hydrogen (secondary N) is 1. The third-order valence-electron chi connectivity index (χ3n) is 4.99. The first-order chi connectivity index (χ1) is 13.9. The summed E-state index contributed by atoms with van der Waals surface area (Å²) in [7, 11) is 0. The highest BCUT2D eigenvalue weighted by Gasteiger charge is 2.27. The van der Waals surface area contributed by atoms with Crippen LogP contribution in [0.15, 0.2) is 22.7 Å². The highest BCUT2D eigenvalue weighted by molar-refractivity contribution is 9.10. The molecule has 1 amide bonds. The zero-order chi connectivity index (χ0) is 21.6. The second kappa shape index (κ2) is 10.6. The van der Waals surface area contributed by atoms with Gasteiger partial charge in [-0.1, -0.05) is 50.5 Å². The van der Waals surface area contributed by atoms with Crippen LogP contribution in [0.25, 0.3) is 0 Å². The lowest BCUT2D eigenvalue weighted by Gasteiger charge is -2.19. The standard InChI is InChI=1S/C23H31BrN2O3/c1-6-11-29-20-14-18(9-4)26(28)19(10-5)21(20)23(27)25-22-15(7-2)12-17(24)13-16(22)8-3/h12-14H,6-11H2,1-5H3,(H,25,27). The zero-order valence-electron chi connectivity index (χ0n) is 18.0. The number of hydrogen-bond donors (Lipinski definition) is 1. The van der Waals surface area contributed by atoms with Crippen molar-refractivity contribution in [3.8, 4) is 5.75 Å². The van der Waals surface area contributed by atoms with Crippen LogP contribution < -0.4 is 14.8 Å². The quantitative estimate of drug-likeness (QED) is 0.402. The molecule has 0 spiro atoms. The van der Waals surface area contributed by atoms with Gasteiger partial charge in [-0.25, -0.2) is 0 Å². The van der Waals surface area contributed by atoms with E-state index < -0.39 is 0 Å². The number of nitrogens with zero attached hydrogens (tertiary/aromatic N) is 1. The van der Waals surface area contributed by atoms with E-state index in [1.54, 1.807) is 6.07 Å². The van der Waals surface area contributed by atoms with Gasteiger partial charge < -0.3 is 15.3 Å². The van der Waals surface area contributed by atoms with Crippen molar-refractivity contribution in [1.82, 2.24) is 0 Å². The molecule has 0 radical (unpaired) electrons. The Balaban J connectivity index is 2.59. The van der Waals surface area contributed by atoms with Crippen molar-refractivity contribution < 1.29 is 14.3 Å². The molecule has 0 fully saturated rings. The molecule has 5 nitrogen and oxygen atoms in total. The number of anilines is 1. The van der Waals surface area contributed by atoms with E-state index in [0.29, 0.717) is 42.1 Å². The summed E-state index contributed by atoms with van der Waals surface area (Å²) in [6.07, 6.45) is 3.43. The largest absolute Gasteiger partial charge is 0.618 e. The molecule has 0 saturated heterocycles. The van der Waals surface area contributed by atoms with Gasteiger partial charge in [-0.3, -0.25) is 4.79 Å². The van der Waals surface area contributed by atoms with E-state index in [4.69, 9.17) is 4.74 Å². The summed E-state index contributed by atoms with van der Waals surface area (Å²) in [5.41, 5.74) is 4.32. The molecule has 158 valence electrons. The van der Waals surface area contributed by atoms with Crippen LogP contribution in [-0.2, 0) is 25.7 Å². The Morgan fingerprint density at radius 3 is 2.14 bits per heavy atom. The number of carbonyl (C=O) groups excluding carboxylic acids is 1. The normalized spacial score (nSPS) is 10.8. The fourth-order valence-electron chi connectivity index (χ4n) is 3.45. The molecule has 2 aromatic rings. The molecule has 2 rings (SSSR count). The summed E-state index contributed by atoms with van der Waals surface area (Å²) >= 11 is 3.55. The average molecular weight is 463 g/mol. The lowest BCUT2D eigenvalue weighted by atomic mass is 10.0. The Hall–Kier alpha value is -2.08. The van der Waals surface area contributed by atoms with Gasteiger partial charge >= 0.3 is 0 Å². The topological polar surface area (TPSA) is 65.3 Å². The first-order valence-corrected chi connectivity index (χ1v) is 11.2. The minimum atomic E-state index is -0.299. The van der Waals surface area contributed by atoms with Gasteiger partial charge in [0.2, 0.25) is 5.69 Å². The summed E-state index contributed by atoms with van der Waals surface area (Å²) in [6, 6.07) is 5.76. The first kappa shape index (κ1) is 23.2. The summed E-state index contributed by atoms with van der Waals surface area (Å²) < 4.78 is 7.78. The Morgan fingerprint density at radius 2 is 1.66 bits per heavy atom. The minimum absolute atomic E-state index is 0.299. The number of aromatic nitrogens is 1. The number of benzene rings is 1. The summed E-state index contributed by atoms with van der Waals surface area (Å²) in [5.74, 6) is 0.185. The molecule has 1 heterocycles. The second-order valence-electron chi connectivity index (χ2n) is 6.93. The van der Waals surface area contributed by atoms with Crippen molar-refractivity contribution >= 4 is 27.5 Å². The number of amides is 1. The van der Waals surface area contributed by atoms with E-state index in [0.717, 1.165) is 45.3 Å². The van der Waals surface area contributed by atoms with Crippen LogP contribution in [0.2, 0.25) is 0 Å². The van der Waals surface area contributed by atoms with Crippen LogP contribution in [0.4, 0.5) is 5.69 Å². The van der Waals surface area contributed by atoms with E-state index in [1.165, 1.54) is 0 Å². The number of halogens is 1. The molecule has 0 unspecified atom stereocenters. The number of carbonyl (C=O) groups is 1. The molecule has 0 atom stereocenters. The number of ether oxygens (including phenoxy) is 1. The van der Waals surface area contributed by atoms with Gasteiger partial charge in [-0.2, -0.15) is 4.73 Å². The number of hydrogen-bond acceptors (Lipinski definition) is 3. The molecule has 1 aromatic heterocycles. The molecular formula is C23H31BrN2O3. The molecular weight excluding hydrogens is 432 g/mol. The molecule has 0 aliphatic heterocycles. The van der Waals surface area contributed by atoms with Crippen LogP contribution in [0.1, 0.15) is 73.9 Å². The van der Waals surface area contributed by atoms with Crippen LogP contribution in [-0.4, -0.2) is 12.5 Å².